The lowest BCUT2D eigenvalue weighted by atomic mass is 10.2. The van der Waals surface area contributed by atoms with Gasteiger partial charge >= 0.3 is 5.97 Å². The number of nitrogens with zero attached hydrogens (tertiary/aromatic N) is 2. The average molecular weight is 345 g/mol. The van der Waals surface area contributed by atoms with Gasteiger partial charge in [-0.1, -0.05) is 0 Å². The molecule has 0 saturated carbocycles. The largest absolute Gasteiger partial charge is 0.479 e. The summed E-state index contributed by atoms with van der Waals surface area (Å²) in [5.41, 5.74) is 0.554. The summed E-state index contributed by atoms with van der Waals surface area (Å²) in [5, 5.41) is 8.98. The molecule has 0 aromatic carbocycles. The van der Waals surface area contributed by atoms with E-state index in [2.05, 4.69) is 15.9 Å². The predicted molar refractivity (Wildman–Crippen MR) is 75.8 cm³/mol. The minimum Gasteiger partial charge on any atom is -0.479 e. The fraction of sp³-hybridized carbons (Fsp3) is 0.538. The first-order valence-electron chi connectivity index (χ1n) is 6.41. The van der Waals surface area contributed by atoms with Crippen molar-refractivity contribution in [1.82, 2.24) is 9.47 Å². The molecule has 1 aromatic heterocycles. The van der Waals surface area contributed by atoms with Gasteiger partial charge < -0.3 is 19.3 Å². The zero-order valence-electron chi connectivity index (χ0n) is 11.4. The van der Waals surface area contributed by atoms with Crippen molar-refractivity contribution in [3.8, 4) is 0 Å². The number of carbonyl (C=O) groups is 2. The molecule has 1 amide bonds. The van der Waals surface area contributed by atoms with Crippen LogP contribution in [0, 0.1) is 0 Å². The van der Waals surface area contributed by atoms with Crippen LogP contribution in [0.25, 0.3) is 0 Å². The van der Waals surface area contributed by atoms with Gasteiger partial charge in [0.2, 0.25) is 0 Å². The standard InChI is InChI=1S/C13H17BrN2O4/c1-8(2)16-6-9(14)5-10(16)12(17)15-3-4-20-11(7-15)13(18)19/h5-6,8,11H,3-4,7H2,1-2H3,(H,18,19)/t11-/m1/s1. The Labute approximate surface area is 125 Å². The lowest BCUT2D eigenvalue weighted by Crippen LogP contribution is -2.48. The monoisotopic (exact) mass is 344 g/mol. The fourth-order valence-electron chi connectivity index (χ4n) is 2.19. The third-order valence-corrected chi connectivity index (χ3v) is 3.65. The van der Waals surface area contributed by atoms with Gasteiger partial charge in [0, 0.05) is 23.3 Å². The third kappa shape index (κ3) is 3.04. The van der Waals surface area contributed by atoms with E-state index in [1.54, 1.807) is 6.07 Å². The van der Waals surface area contributed by atoms with Gasteiger partial charge in [-0.15, -0.1) is 0 Å². The molecule has 1 aliphatic heterocycles. The lowest BCUT2D eigenvalue weighted by molar-refractivity contribution is -0.154. The summed E-state index contributed by atoms with van der Waals surface area (Å²) in [4.78, 5) is 25.0. The zero-order chi connectivity index (χ0) is 14.9. The molecule has 1 aromatic rings. The molecule has 0 unspecified atom stereocenters. The molecule has 1 atom stereocenters. The molecule has 7 heteroatoms. The number of carboxylic acid groups (broad SMARTS) is 1. The number of hydrogen-bond acceptors (Lipinski definition) is 3. The first kappa shape index (κ1) is 15.1. The van der Waals surface area contributed by atoms with Crippen LogP contribution >= 0.6 is 15.9 Å². The molecule has 2 rings (SSSR count). The van der Waals surface area contributed by atoms with E-state index in [-0.39, 0.29) is 25.1 Å². The average Bonchev–Trinajstić information content (AvgIpc) is 2.80. The van der Waals surface area contributed by atoms with Crippen LogP contribution in [-0.4, -0.2) is 52.3 Å². The van der Waals surface area contributed by atoms with E-state index >= 15 is 0 Å². The van der Waals surface area contributed by atoms with E-state index in [1.807, 2.05) is 24.6 Å². The number of morpholine rings is 1. The number of aliphatic carboxylic acids is 1. The molecule has 0 radical (unpaired) electrons. The Morgan fingerprint density at radius 1 is 1.50 bits per heavy atom. The van der Waals surface area contributed by atoms with E-state index in [0.717, 1.165) is 4.47 Å². The molecular weight excluding hydrogens is 328 g/mol. The van der Waals surface area contributed by atoms with Crippen LogP contribution in [0.2, 0.25) is 0 Å². The van der Waals surface area contributed by atoms with Crippen LogP contribution in [0.15, 0.2) is 16.7 Å². The van der Waals surface area contributed by atoms with Crippen molar-refractivity contribution in [2.24, 2.45) is 0 Å². The highest BCUT2D eigenvalue weighted by Crippen LogP contribution is 2.21. The number of amides is 1. The highest BCUT2D eigenvalue weighted by atomic mass is 79.9. The summed E-state index contributed by atoms with van der Waals surface area (Å²) in [6.45, 7) is 4.70. The van der Waals surface area contributed by atoms with Gasteiger partial charge in [-0.25, -0.2) is 4.79 Å². The smallest absolute Gasteiger partial charge is 0.334 e. The second kappa shape index (κ2) is 5.97. The Morgan fingerprint density at radius 3 is 2.80 bits per heavy atom. The minimum absolute atomic E-state index is 0.0784. The van der Waals surface area contributed by atoms with Crippen LogP contribution in [-0.2, 0) is 9.53 Å². The molecule has 0 aliphatic carbocycles. The van der Waals surface area contributed by atoms with Crippen molar-refractivity contribution in [3.05, 3.63) is 22.4 Å². The molecule has 1 aliphatic rings. The molecule has 110 valence electrons. The second-order valence-electron chi connectivity index (χ2n) is 4.99. The number of aromatic nitrogens is 1. The van der Waals surface area contributed by atoms with Crippen molar-refractivity contribution < 1.29 is 19.4 Å². The Morgan fingerprint density at radius 2 is 2.20 bits per heavy atom. The minimum atomic E-state index is -1.04. The number of carbonyl (C=O) groups excluding carboxylic acids is 1. The SMILES string of the molecule is CC(C)n1cc(Br)cc1C(=O)N1CCO[C@@H](C(=O)O)C1. The predicted octanol–water partition coefficient (Wildman–Crippen LogP) is 1.76. The Balaban J connectivity index is 2.21. The third-order valence-electron chi connectivity index (χ3n) is 3.22. The van der Waals surface area contributed by atoms with Gasteiger partial charge in [0.1, 0.15) is 5.69 Å². The van der Waals surface area contributed by atoms with Gasteiger partial charge in [0.05, 0.1) is 13.2 Å². The normalized spacial score (nSPS) is 19.4. The molecule has 0 spiro atoms. The number of halogens is 1. The lowest BCUT2D eigenvalue weighted by Gasteiger charge is -2.31. The quantitative estimate of drug-likeness (QED) is 0.906. The van der Waals surface area contributed by atoms with Crippen molar-refractivity contribution in [2.45, 2.75) is 26.0 Å². The molecule has 1 fully saturated rings. The van der Waals surface area contributed by atoms with E-state index in [1.165, 1.54) is 4.90 Å². The molecule has 1 N–H and O–H groups in total. The van der Waals surface area contributed by atoms with Crippen LogP contribution in [0.4, 0.5) is 0 Å². The Hall–Kier alpha value is -1.34. The maximum atomic E-state index is 12.5. The van der Waals surface area contributed by atoms with E-state index < -0.39 is 12.1 Å². The molecule has 20 heavy (non-hydrogen) atoms. The highest BCUT2D eigenvalue weighted by Gasteiger charge is 2.30. The van der Waals surface area contributed by atoms with Crippen molar-refractivity contribution in [2.75, 3.05) is 19.7 Å². The molecule has 6 nitrogen and oxygen atoms in total. The number of ether oxygens (including phenoxy) is 1. The van der Waals surface area contributed by atoms with Crippen molar-refractivity contribution in [1.29, 1.82) is 0 Å². The zero-order valence-corrected chi connectivity index (χ0v) is 13.0. The summed E-state index contributed by atoms with van der Waals surface area (Å²) >= 11 is 3.37. The van der Waals surface area contributed by atoms with Crippen molar-refractivity contribution >= 4 is 27.8 Å². The van der Waals surface area contributed by atoms with Gasteiger partial charge in [-0.3, -0.25) is 4.79 Å². The topological polar surface area (TPSA) is 71.8 Å². The number of carboxylic acids is 1. The molecule has 2 heterocycles. The van der Waals surface area contributed by atoms with E-state index in [9.17, 15) is 9.59 Å². The maximum absolute atomic E-state index is 12.5. The summed E-state index contributed by atoms with van der Waals surface area (Å²) in [6, 6.07) is 1.91. The first-order chi connectivity index (χ1) is 9.40. The van der Waals surface area contributed by atoms with Gasteiger partial charge in [0.25, 0.3) is 5.91 Å². The summed E-state index contributed by atoms with van der Waals surface area (Å²) in [7, 11) is 0. The highest BCUT2D eigenvalue weighted by molar-refractivity contribution is 9.10. The van der Waals surface area contributed by atoms with Crippen LogP contribution < -0.4 is 0 Å². The molecular formula is C13H17BrN2O4. The summed E-state index contributed by atoms with van der Waals surface area (Å²) in [5.74, 6) is -1.21. The fourth-order valence-corrected chi connectivity index (χ4v) is 2.63. The van der Waals surface area contributed by atoms with Gasteiger partial charge in [0.15, 0.2) is 6.10 Å². The summed E-state index contributed by atoms with van der Waals surface area (Å²) in [6.07, 6.45) is 0.908. The molecule has 0 bridgehead atoms. The summed E-state index contributed by atoms with van der Waals surface area (Å²) < 4.78 is 7.83. The van der Waals surface area contributed by atoms with Crippen LogP contribution in [0.3, 0.4) is 0 Å². The molecule has 1 saturated heterocycles. The van der Waals surface area contributed by atoms with Gasteiger partial charge in [-0.2, -0.15) is 0 Å². The van der Waals surface area contributed by atoms with Gasteiger partial charge in [-0.05, 0) is 35.8 Å². The van der Waals surface area contributed by atoms with E-state index in [4.69, 9.17) is 9.84 Å². The Kier molecular flexibility index (Phi) is 4.49. The second-order valence-corrected chi connectivity index (χ2v) is 5.91. The van der Waals surface area contributed by atoms with E-state index in [0.29, 0.717) is 12.2 Å². The maximum Gasteiger partial charge on any atom is 0.334 e. The Bertz CT molecular complexity index is 526. The van der Waals surface area contributed by atoms with Crippen LogP contribution in [0.1, 0.15) is 30.4 Å². The van der Waals surface area contributed by atoms with Crippen molar-refractivity contribution in [3.63, 3.8) is 0 Å². The number of rotatable bonds is 3. The first-order valence-corrected chi connectivity index (χ1v) is 7.20. The van der Waals surface area contributed by atoms with Crippen LogP contribution in [0.5, 0.6) is 0 Å². The number of hydrogen-bond donors (Lipinski definition) is 1.